The molecule has 2 nitrogen and oxygen atoms in total. The summed E-state index contributed by atoms with van der Waals surface area (Å²) < 4.78 is 0. The van der Waals surface area contributed by atoms with Crippen molar-refractivity contribution < 1.29 is 4.79 Å². The molecule has 2 aromatic carbocycles. The van der Waals surface area contributed by atoms with Crippen LogP contribution in [0.3, 0.4) is 0 Å². The number of nitrogens with one attached hydrogen (secondary N) is 1. The van der Waals surface area contributed by atoms with Crippen LogP contribution < -0.4 is 5.32 Å². The molecule has 0 aliphatic rings. The van der Waals surface area contributed by atoms with Crippen molar-refractivity contribution >= 4 is 28.0 Å². The van der Waals surface area contributed by atoms with Gasteiger partial charge < -0.3 is 5.32 Å². The molecule has 0 spiro atoms. The zero-order valence-corrected chi connectivity index (χ0v) is 11.8. The number of rotatable bonds is 4. The first kappa shape index (κ1) is 12.9. The largest absolute Gasteiger partial charge is 0.351 e. The summed E-state index contributed by atoms with van der Waals surface area (Å²) in [4.78, 5) is 13.2. The van der Waals surface area contributed by atoms with Crippen molar-refractivity contribution in [1.29, 1.82) is 0 Å². The molecular formula is C17H15NOS. The molecule has 0 aliphatic carbocycles. The van der Waals surface area contributed by atoms with E-state index in [9.17, 15) is 4.79 Å². The number of amides is 1. The fourth-order valence-electron chi connectivity index (χ4n) is 2.28. The van der Waals surface area contributed by atoms with Gasteiger partial charge in [0, 0.05) is 4.88 Å². The van der Waals surface area contributed by atoms with E-state index < -0.39 is 0 Å². The first-order valence-electron chi connectivity index (χ1n) is 6.58. The van der Waals surface area contributed by atoms with Gasteiger partial charge in [-0.3, -0.25) is 4.79 Å². The van der Waals surface area contributed by atoms with Crippen molar-refractivity contribution in [3.05, 3.63) is 70.4 Å². The molecule has 0 atom stereocenters. The molecular weight excluding hydrogens is 266 g/mol. The summed E-state index contributed by atoms with van der Waals surface area (Å²) in [7, 11) is 0. The van der Waals surface area contributed by atoms with Gasteiger partial charge in [0.05, 0.1) is 13.0 Å². The van der Waals surface area contributed by atoms with Crippen LogP contribution in [0.25, 0.3) is 10.8 Å². The van der Waals surface area contributed by atoms with Gasteiger partial charge in [0.2, 0.25) is 5.91 Å². The Hall–Kier alpha value is -2.13. The predicted octanol–water partition coefficient (Wildman–Crippen LogP) is 3.76. The monoisotopic (exact) mass is 281 g/mol. The van der Waals surface area contributed by atoms with Gasteiger partial charge in [-0.1, -0.05) is 48.5 Å². The summed E-state index contributed by atoms with van der Waals surface area (Å²) >= 11 is 1.66. The number of thiophene rings is 1. The topological polar surface area (TPSA) is 29.1 Å². The third-order valence-electron chi connectivity index (χ3n) is 3.27. The average molecular weight is 281 g/mol. The Kier molecular flexibility index (Phi) is 3.79. The highest BCUT2D eigenvalue weighted by Crippen LogP contribution is 2.18. The number of carbonyl (C=O) groups is 1. The minimum absolute atomic E-state index is 0.0646. The standard InChI is InChI=1S/C17H15NOS/c19-17(18-12-15-8-4-10-20-15)11-14-7-3-6-13-5-1-2-9-16(13)14/h1-10H,11-12H2,(H,18,19). The van der Waals surface area contributed by atoms with Crippen LogP contribution >= 0.6 is 11.3 Å². The lowest BCUT2D eigenvalue weighted by Gasteiger charge is -2.07. The molecule has 0 bridgehead atoms. The molecule has 1 amide bonds. The molecule has 3 rings (SSSR count). The van der Waals surface area contributed by atoms with E-state index in [0.29, 0.717) is 13.0 Å². The van der Waals surface area contributed by atoms with Gasteiger partial charge in [0.25, 0.3) is 0 Å². The molecule has 3 aromatic rings. The fraction of sp³-hybridized carbons (Fsp3) is 0.118. The number of benzene rings is 2. The number of carbonyl (C=O) groups excluding carboxylic acids is 1. The zero-order valence-electron chi connectivity index (χ0n) is 11.0. The molecule has 1 N–H and O–H groups in total. The lowest BCUT2D eigenvalue weighted by atomic mass is 10.0. The van der Waals surface area contributed by atoms with E-state index in [0.717, 1.165) is 10.9 Å². The second-order valence-corrected chi connectivity index (χ2v) is 5.70. The maximum Gasteiger partial charge on any atom is 0.224 e. The molecule has 0 radical (unpaired) electrons. The van der Waals surface area contributed by atoms with Crippen LogP contribution in [0, 0.1) is 0 Å². The summed E-state index contributed by atoms with van der Waals surface area (Å²) in [5.74, 6) is 0.0646. The van der Waals surface area contributed by atoms with Crippen molar-refractivity contribution in [3.8, 4) is 0 Å². The first-order chi connectivity index (χ1) is 9.83. The van der Waals surface area contributed by atoms with E-state index in [1.54, 1.807) is 11.3 Å². The molecule has 0 aliphatic heterocycles. The van der Waals surface area contributed by atoms with Crippen molar-refractivity contribution in [2.24, 2.45) is 0 Å². The Morgan fingerprint density at radius 3 is 2.70 bits per heavy atom. The lowest BCUT2D eigenvalue weighted by Crippen LogP contribution is -2.24. The minimum Gasteiger partial charge on any atom is -0.351 e. The smallest absolute Gasteiger partial charge is 0.224 e. The van der Waals surface area contributed by atoms with E-state index >= 15 is 0 Å². The third-order valence-corrected chi connectivity index (χ3v) is 4.15. The van der Waals surface area contributed by atoms with Crippen molar-refractivity contribution in [3.63, 3.8) is 0 Å². The highest BCUT2D eigenvalue weighted by molar-refractivity contribution is 7.09. The van der Waals surface area contributed by atoms with Gasteiger partial charge in [-0.25, -0.2) is 0 Å². The van der Waals surface area contributed by atoms with Gasteiger partial charge in [-0.2, -0.15) is 0 Å². The molecule has 1 heterocycles. The summed E-state index contributed by atoms with van der Waals surface area (Å²) in [5.41, 5.74) is 1.08. The summed E-state index contributed by atoms with van der Waals surface area (Å²) in [6, 6.07) is 18.3. The Labute approximate surface area is 122 Å². The maximum atomic E-state index is 12.0. The maximum absolute atomic E-state index is 12.0. The Bertz CT molecular complexity index is 713. The predicted molar refractivity (Wildman–Crippen MR) is 83.8 cm³/mol. The Morgan fingerprint density at radius 1 is 1.00 bits per heavy atom. The van der Waals surface area contributed by atoms with E-state index in [4.69, 9.17) is 0 Å². The SMILES string of the molecule is O=C(Cc1cccc2ccccc12)NCc1cccs1. The van der Waals surface area contributed by atoms with Crippen LogP contribution in [0.2, 0.25) is 0 Å². The van der Waals surface area contributed by atoms with Gasteiger partial charge >= 0.3 is 0 Å². The Morgan fingerprint density at radius 2 is 1.85 bits per heavy atom. The van der Waals surface area contributed by atoms with Crippen LogP contribution in [0.5, 0.6) is 0 Å². The molecule has 0 fully saturated rings. The van der Waals surface area contributed by atoms with E-state index in [1.807, 2.05) is 41.8 Å². The lowest BCUT2D eigenvalue weighted by molar-refractivity contribution is -0.120. The molecule has 0 saturated heterocycles. The molecule has 20 heavy (non-hydrogen) atoms. The van der Waals surface area contributed by atoms with Gasteiger partial charge in [0.15, 0.2) is 0 Å². The summed E-state index contributed by atoms with van der Waals surface area (Å²) in [5, 5.41) is 7.32. The average Bonchev–Trinajstić information content (AvgIpc) is 2.99. The molecule has 0 unspecified atom stereocenters. The van der Waals surface area contributed by atoms with Gasteiger partial charge in [-0.15, -0.1) is 11.3 Å². The van der Waals surface area contributed by atoms with Crippen LogP contribution in [-0.2, 0) is 17.8 Å². The Balaban J connectivity index is 1.71. The van der Waals surface area contributed by atoms with Crippen LogP contribution in [-0.4, -0.2) is 5.91 Å². The third kappa shape index (κ3) is 2.89. The zero-order chi connectivity index (χ0) is 13.8. The minimum atomic E-state index is 0.0646. The molecule has 1 aromatic heterocycles. The summed E-state index contributed by atoms with van der Waals surface area (Å²) in [6.07, 6.45) is 0.423. The summed E-state index contributed by atoms with van der Waals surface area (Å²) in [6.45, 7) is 0.612. The highest BCUT2D eigenvalue weighted by atomic mass is 32.1. The molecule has 100 valence electrons. The van der Waals surface area contributed by atoms with E-state index in [2.05, 4.69) is 23.5 Å². The van der Waals surface area contributed by atoms with Crippen LogP contribution in [0.4, 0.5) is 0 Å². The first-order valence-corrected chi connectivity index (χ1v) is 7.46. The number of fused-ring (bicyclic) bond motifs is 1. The van der Waals surface area contributed by atoms with Crippen LogP contribution in [0.15, 0.2) is 60.0 Å². The van der Waals surface area contributed by atoms with Gasteiger partial charge in [-0.05, 0) is 27.8 Å². The normalized spacial score (nSPS) is 10.6. The van der Waals surface area contributed by atoms with E-state index in [-0.39, 0.29) is 5.91 Å². The van der Waals surface area contributed by atoms with Gasteiger partial charge in [0.1, 0.15) is 0 Å². The van der Waals surface area contributed by atoms with Crippen molar-refractivity contribution in [2.45, 2.75) is 13.0 Å². The van der Waals surface area contributed by atoms with Crippen LogP contribution in [0.1, 0.15) is 10.4 Å². The van der Waals surface area contributed by atoms with E-state index in [1.165, 1.54) is 10.3 Å². The molecule has 0 saturated carbocycles. The quantitative estimate of drug-likeness (QED) is 0.775. The van der Waals surface area contributed by atoms with Crippen molar-refractivity contribution in [2.75, 3.05) is 0 Å². The second-order valence-electron chi connectivity index (χ2n) is 4.67. The number of hydrogen-bond donors (Lipinski definition) is 1. The van der Waals surface area contributed by atoms with Crippen molar-refractivity contribution in [1.82, 2.24) is 5.32 Å². The second kappa shape index (κ2) is 5.88. The molecule has 3 heteroatoms. The fourth-order valence-corrected chi connectivity index (χ4v) is 2.93. The number of hydrogen-bond acceptors (Lipinski definition) is 2. The highest BCUT2D eigenvalue weighted by Gasteiger charge is 2.06.